The number of carbonyl (C=O) groups excluding carboxylic acids is 1. The first-order valence-electron chi connectivity index (χ1n) is 9.71. The van der Waals surface area contributed by atoms with Gasteiger partial charge >= 0.3 is 5.97 Å². The third kappa shape index (κ3) is 4.29. The molecule has 9 nitrogen and oxygen atoms in total. The third-order valence-electron chi connectivity index (χ3n) is 5.04. The maximum Gasteiger partial charge on any atom is 0.365 e. The molecule has 3 aromatic heterocycles. The Balaban J connectivity index is 0.000000166. The van der Waals surface area contributed by atoms with E-state index < -0.39 is 11.9 Å². The quantitative estimate of drug-likeness (QED) is 0.447. The van der Waals surface area contributed by atoms with Gasteiger partial charge in [-0.2, -0.15) is 5.10 Å². The van der Waals surface area contributed by atoms with Crippen LogP contribution in [0.2, 0.25) is 0 Å². The lowest BCUT2D eigenvalue weighted by Crippen LogP contribution is -2.12. The second-order valence-corrected chi connectivity index (χ2v) is 8.23. The van der Waals surface area contributed by atoms with Crippen LogP contribution in [0.1, 0.15) is 49.1 Å². The van der Waals surface area contributed by atoms with Gasteiger partial charge in [-0.1, -0.05) is 6.07 Å². The number of nitrogens with two attached hydrogens (primary N) is 1. The molecule has 5 rings (SSSR count). The summed E-state index contributed by atoms with van der Waals surface area (Å²) >= 11 is 1.33. The van der Waals surface area contributed by atoms with Gasteiger partial charge in [-0.05, 0) is 50.3 Å². The highest BCUT2D eigenvalue weighted by Crippen LogP contribution is 2.27. The second-order valence-electron chi connectivity index (χ2n) is 7.15. The molecule has 0 spiro atoms. The Hall–Kier alpha value is -3.66. The number of carboxylic acid groups (broad SMARTS) is 1. The van der Waals surface area contributed by atoms with Crippen LogP contribution in [0.5, 0.6) is 0 Å². The van der Waals surface area contributed by atoms with Gasteiger partial charge in [-0.25, -0.2) is 19.7 Å². The Morgan fingerprint density at radius 2 is 2.00 bits per heavy atom. The fourth-order valence-corrected chi connectivity index (χ4v) is 4.51. The van der Waals surface area contributed by atoms with Crippen molar-refractivity contribution in [2.75, 3.05) is 0 Å². The highest BCUT2D eigenvalue weighted by molar-refractivity contribution is 7.13. The Kier molecular flexibility index (Phi) is 5.72. The molecule has 1 aliphatic rings. The van der Waals surface area contributed by atoms with Crippen molar-refractivity contribution >= 4 is 34.2 Å². The average Bonchev–Trinajstić information content (AvgIpc) is 3.40. The third-order valence-corrected chi connectivity index (χ3v) is 6.19. The molecule has 31 heavy (non-hydrogen) atoms. The van der Waals surface area contributed by atoms with Crippen LogP contribution in [-0.2, 0) is 12.8 Å². The summed E-state index contributed by atoms with van der Waals surface area (Å²) in [5, 5.41) is 16.5. The maximum atomic E-state index is 11.2. The van der Waals surface area contributed by atoms with E-state index in [2.05, 4.69) is 25.1 Å². The number of thiazole rings is 1. The molecule has 0 bridgehead atoms. The van der Waals surface area contributed by atoms with E-state index in [1.165, 1.54) is 29.0 Å². The summed E-state index contributed by atoms with van der Waals surface area (Å²) in [4.78, 5) is 35.4. The number of carboxylic acids is 1. The highest BCUT2D eigenvalue weighted by Gasteiger charge is 2.18. The van der Waals surface area contributed by atoms with Gasteiger partial charge in [0.1, 0.15) is 6.33 Å². The van der Waals surface area contributed by atoms with Crippen molar-refractivity contribution in [2.45, 2.75) is 32.6 Å². The number of nitrogens with one attached hydrogen (secondary N) is 1. The fraction of sp³-hybridized carbons (Fsp3) is 0.238. The summed E-state index contributed by atoms with van der Waals surface area (Å²) in [5.74, 6) is -1.32. The molecule has 158 valence electrons. The molecule has 0 atom stereocenters. The molecule has 0 unspecified atom stereocenters. The molecule has 1 aliphatic carbocycles. The number of H-pyrrole nitrogens is 1. The first kappa shape index (κ1) is 20.6. The number of aromatic carboxylic acids is 1. The minimum Gasteiger partial charge on any atom is -0.476 e. The monoisotopic (exact) mass is 436 g/mol. The molecule has 0 aliphatic heterocycles. The normalized spacial score (nSPS) is 12.7. The number of nitrogens with zero attached hydrogens (tertiary/aromatic N) is 4. The second kappa shape index (κ2) is 8.60. The van der Waals surface area contributed by atoms with E-state index >= 15 is 0 Å². The van der Waals surface area contributed by atoms with E-state index in [1.54, 1.807) is 12.3 Å². The summed E-state index contributed by atoms with van der Waals surface area (Å²) in [6.45, 7) is 1.84. The lowest BCUT2D eigenvalue weighted by molar-refractivity contribution is 0.0696. The van der Waals surface area contributed by atoms with E-state index in [0.29, 0.717) is 11.2 Å². The van der Waals surface area contributed by atoms with Crippen LogP contribution in [0.25, 0.3) is 22.3 Å². The first-order chi connectivity index (χ1) is 14.9. The van der Waals surface area contributed by atoms with Crippen LogP contribution in [0.15, 0.2) is 30.7 Å². The summed E-state index contributed by atoms with van der Waals surface area (Å²) in [6.07, 6.45) is 7.46. The Labute approximate surface area is 181 Å². The minimum absolute atomic E-state index is 0.252. The molecular formula is C21H20N6O3S. The standard InChI is InChI=1S/C13H11N5O.C8H9NO2S/c1-7-4-8(2-3-9(7)12(14)19)11-10-5-17-18-13(10)16-6-15-11;10-8(11)7-9-5-3-1-2-4-6(5)12-7/h2-6H,1H3,(H2,14,19)(H,15,16,17,18);1-4H2,(H,10,11). The Morgan fingerprint density at radius 3 is 2.71 bits per heavy atom. The molecule has 0 saturated carbocycles. The van der Waals surface area contributed by atoms with Crippen molar-refractivity contribution in [1.29, 1.82) is 0 Å². The predicted octanol–water partition coefficient (Wildman–Crippen LogP) is 3.15. The van der Waals surface area contributed by atoms with Gasteiger partial charge in [0, 0.05) is 16.0 Å². The van der Waals surface area contributed by atoms with E-state index in [-0.39, 0.29) is 5.01 Å². The lowest BCUT2D eigenvalue weighted by Gasteiger charge is -2.06. The zero-order valence-corrected chi connectivity index (χ0v) is 17.6. The topological polar surface area (TPSA) is 148 Å². The summed E-state index contributed by atoms with van der Waals surface area (Å²) in [6, 6.07) is 5.41. The zero-order chi connectivity index (χ0) is 22.0. The van der Waals surface area contributed by atoms with Crippen LogP contribution in [-0.4, -0.2) is 42.1 Å². The van der Waals surface area contributed by atoms with Gasteiger partial charge in [0.2, 0.25) is 10.9 Å². The highest BCUT2D eigenvalue weighted by atomic mass is 32.1. The van der Waals surface area contributed by atoms with Crippen LogP contribution in [0, 0.1) is 6.92 Å². The van der Waals surface area contributed by atoms with E-state index in [9.17, 15) is 9.59 Å². The summed E-state index contributed by atoms with van der Waals surface area (Å²) in [5.41, 5.74) is 10.0. The van der Waals surface area contributed by atoms with Crippen LogP contribution >= 0.6 is 11.3 Å². The molecule has 3 heterocycles. The molecule has 1 amide bonds. The molecular weight excluding hydrogens is 416 g/mol. The van der Waals surface area contributed by atoms with Crippen molar-refractivity contribution in [3.8, 4) is 11.3 Å². The Bertz CT molecular complexity index is 1260. The molecule has 0 fully saturated rings. The SMILES string of the molecule is Cc1cc(-c2ncnc3[nH]ncc23)ccc1C(N)=O.O=C(O)c1nc2c(s1)CCCC2. The van der Waals surface area contributed by atoms with Gasteiger partial charge in [0.15, 0.2) is 5.65 Å². The van der Waals surface area contributed by atoms with Gasteiger partial charge in [-0.15, -0.1) is 11.3 Å². The number of aromatic nitrogens is 5. The number of hydrogen-bond donors (Lipinski definition) is 3. The number of rotatable bonds is 3. The zero-order valence-electron chi connectivity index (χ0n) is 16.8. The number of aromatic amines is 1. The lowest BCUT2D eigenvalue weighted by atomic mass is 10.0. The van der Waals surface area contributed by atoms with Crippen LogP contribution in [0.4, 0.5) is 0 Å². The van der Waals surface area contributed by atoms with E-state index in [0.717, 1.165) is 47.2 Å². The van der Waals surface area contributed by atoms with Crippen molar-refractivity contribution in [2.24, 2.45) is 5.73 Å². The largest absolute Gasteiger partial charge is 0.476 e. The predicted molar refractivity (Wildman–Crippen MR) is 116 cm³/mol. The van der Waals surface area contributed by atoms with Crippen molar-refractivity contribution in [3.05, 3.63) is 57.4 Å². The summed E-state index contributed by atoms with van der Waals surface area (Å²) in [7, 11) is 0. The number of amides is 1. The molecule has 1 aromatic carbocycles. The number of benzene rings is 1. The number of carbonyl (C=O) groups is 2. The summed E-state index contributed by atoms with van der Waals surface area (Å²) < 4.78 is 0. The minimum atomic E-state index is -0.894. The van der Waals surface area contributed by atoms with E-state index in [1.807, 2.05) is 19.1 Å². The van der Waals surface area contributed by atoms with Crippen molar-refractivity contribution < 1.29 is 14.7 Å². The average molecular weight is 436 g/mol. The maximum absolute atomic E-state index is 11.2. The number of aryl methyl sites for hydroxylation is 3. The van der Waals surface area contributed by atoms with Crippen molar-refractivity contribution in [1.82, 2.24) is 25.1 Å². The molecule has 0 saturated heterocycles. The van der Waals surface area contributed by atoms with E-state index in [4.69, 9.17) is 10.8 Å². The molecule has 0 radical (unpaired) electrons. The molecule has 10 heteroatoms. The fourth-order valence-electron chi connectivity index (χ4n) is 3.53. The van der Waals surface area contributed by atoms with Gasteiger partial charge in [0.25, 0.3) is 0 Å². The number of primary amides is 1. The van der Waals surface area contributed by atoms with Gasteiger partial charge in [-0.3, -0.25) is 9.89 Å². The van der Waals surface area contributed by atoms with Gasteiger partial charge < -0.3 is 10.8 Å². The van der Waals surface area contributed by atoms with Gasteiger partial charge in [0.05, 0.1) is 23.0 Å². The molecule has 4 aromatic rings. The van der Waals surface area contributed by atoms with Crippen LogP contribution < -0.4 is 5.73 Å². The number of hydrogen-bond acceptors (Lipinski definition) is 7. The van der Waals surface area contributed by atoms with Crippen molar-refractivity contribution in [3.63, 3.8) is 0 Å². The smallest absolute Gasteiger partial charge is 0.365 e. The first-order valence-corrected chi connectivity index (χ1v) is 10.5. The number of fused-ring (bicyclic) bond motifs is 2. The Morgan fingerprint density at radius 1 is 1.19 bits per heavy atom. The molecule has 4 N–H and O–H groups in total. The van der Waals surface area contributed by atoms with Crippen LogP contribution in [0.3, 0.4) is 0 Å².